The number of hydrogen-bond donors (Lipinski definition) is 1. The smallest absolute Gasteiger partial charge is 0.162 e. The zero-order valence-corrected chi connectivity index (χ0v) is 12.9. The Morgan fingerprint density at radius 1 is 1.30 bits per heavy atom. The maximum Gasteiger partial charge on any atom is 0.162 e. The van der Waals surface area contributed by atoms with Crippen molar-refractivity contribution < 1.29 is 14.6 Å². The van der Waals surface area contributed by atoms with Crippen LogP contribution in [0.15, 0.2) is 27.4 Å². The molecule has 0 saturated carbocycles. The second-order valence-corrected chi connectivity index (χ2v) is 6.88. The van der Waals surface area contributed by atoms with Crippen LogP contribution in [0.3, 0.4) is 0 Å². The molecule has 0 bridgehead atoms. The third kappa shape index (κ3) is 3.03. The molecule has 1 N–H and O–H groups in total. The lowest BCUT2D eigenvalue weighted by Gasteiger charge is -2.08. The highest BCUT2D eigenvalue weighted by molar-refractivity contribution is 8.01. The van der Waals surface area contributed by atoms with Gasteiger partial charge in [0, 0.05) is 11.3 Å². The number of nitrogens with zero attached hydrogens (tertiary/aromatic N) is 1. The van der Waals surface area contributed by atoms with Crippen LogP contribution in [-0.4, -0.2) is 23.3 Å². The molecule has 106 valence electrons. The lowest BCUT2D eigenvalue weighted by molar-refractivity contribution is 0.285. The number of hydrogen-bond acceptors (Lipinski definition) is 6. The van der Waals surface area contributed by atoms with Crippen molar-refractivity contribution in [3.8, 4) is 11.5 Å². The van der Waals surface area contributed by atoms with Gasteiger partial charge in [-0.2, -0.15) is 0 Å². The third-order valence-electron chi connectivity index (χ3n) is 2.70. The van der Waals surface area contributed by atoms with Crippen LogP contribution in [0.1, 0.15) is 11.3 Å². The van der Waals surface area contributed by atoms with Gasteiger partial charge in [0.2, 0.25) is 0 Å². The molecule has 7 heteroatoms. The van der Waals surface area contributed by atoms with E-state index in [1.807, 2.05) is 18.2 Å². The molecule has 0 aliphatic carbocycles. The molecule has 0 radical (unpaired) electrons. The molecule has 1 aliphatic rings. The zero-order valence-electron chi connectivity index (χ0n) is 10.5. The van der Waals surface area contributed by atoms with E-state index in [0.29, 0.717) is 23.2 Å². The first kappa shape index (κ1) is 14.0. The fourth-order valence-corrected chi connectivity index (χ4v) is 4.06. The molecule has 1 aromatic heterocycles. The molecular weight excluding hydrogens is 318 g/mol. The Hall–Kier alpha value is -0.950. The molecule has 1 aliphatic heterocycles. The molecule has 4 nitrogen and oxygen atoms in total. The summed E-state index contributed by atoms with van der Waals surface area (Å²) in [6.07, 6.45) is 0.888. The highest BCUT2D eigenvalue weighted by Gasteiger charge is 2.13. The van der Waals surface area contributed by atoms with Gasteiger partial charge in [-0.3, -0.25) is 0 Å². The SMILES string of the molecule is OCc1sc(Sc2ccc3c(c2)OCCCO3)nc1Cl. The average Bonchev–Trinajstić information content (AvgIpc) is 2.66. The van der Waals surface area contributed by atoms with Gasteiger partial charge in [0.1, 0.15) is 5.15 Å². The summed E-state index contributed by atoms with van der Waals surface area (Å²) in [5.74, 6) is 1.54. The molecule has 1 aromatic carbocycles. The summed E-state index contributed by atoms with van der Waals surface area (Å²) in [7, 11) is 0. The van der Waals surface area contributed by atoms with Crippen molar-refractivity contribution in [1.29, 1.82) is 0 Å². The Morgan fingerprint density at radius 2 is 2.10 bits per heavy atom. The number of aliphatic hydroxyl groups is 1. The summed E-state index contributed by atoms with van der Waals surface area (Å²) in [4.78, 5) is 5.91. The maximum absolute atomic E-state index is 9.13. The highest BCUT2D eigenvalue weighted by Crippen LogP contribution is 2.39. The standard InChI is InChI=1S/C13H12ClNO3S2/c14-12-11(7-16)20-13(15-12)19-8-2-3-9-10(6-8)18-5-1-4-17-9/h2-3,6,16H,1,4-5,7H2. The number of fused-ring (bicyclic) bond motifs is 1. The van der Waals surface area contributed by atoms with E-state index in [9.17, 15) is 0 Å². The van der Waals surface area contributed by atoms with E-state index in [0.717, 1.165) is 27.2 Å². The van der Waals surface area contributed by atoms with E-state index in [1.54, 1.807) is 0 Å². The fraction of sp³-hybridized carbons (Fsp3) is 0.308. The summed E-state index contributed by atoms with van der Waals surface area (Å²) in [6.45, 7) is 1.26. The second-order valence-electron chi connectivity index (χ2n) is 4.11. The molecule has 20 heavy (non-hydrogen) atoms. The van der Waals surface area contributed by atoms with Crippen molar-refractivity contribution in [2.24, 2.45) is 0 Å². The first-order valence-electron chi connectivity index (χ1n) is 6.10. The van der Waals surface area contributed by atoms with Crippen LogP contribution in [0.2, 0.25) is 5.15 Å². The summed E-state index contributed by atoms with van der Waals surface area (Å²) in [5, 5.41) is 9.50. The quantitative estimate of drug-likeness (QED) is 0.932. The Labute approximate surface area is 129 Å². The Kier molecular flexibility index (Phi) is 4.35. The molecule has 0 unspecified atom stereocenters. The molecule has 0 spiro atoms. The van der Waals surface area contributed by atoms with E-state index in [-0.39, 0.29) is 6.61 Å². The molecule has 0 amide bonds. The van der Waals surface area contributed by atoms with Gasteiger partial charge < -0.3 is 14.6 Å². The van der Waals surface area contributed by atoms with Gasteiger partial charge in [-0.1, -0.05) is 23.4 Å². The number of halogens is 1. The van der Waals surface area contributed by atoms with Crippen molar-refractivity contribution in [3.63, 3.8) is 0 Å². The van der Waals surface area contributed by atoms with Crippen LogP contribution in [0.4, 0.5) is 0 Å². The highest BCUT2D eigenvalue weighted by atomic mass is 35.5. The van der Waals surface area contributed by atoms with Crippen molar-refractivity contribution >= 4 is 34.7 Å². The van der Waals surface area contributed by atoms with Crippen LogP contribution in [-0.2, 0) is 6.61 Å². The predicted octanol–water partition coefficient (Wildman–Crippen LogP) is 3.60. The monoisotopic (exact) mass is 329 g/mol. The van der Waals surface area contributed by atoms with Gasteiger partial charge >= 0.3 is 0 Å². The van der Waals surface area contributed by atoms with Crippen LogP contribution in [0.5, 0.6) is 11.5 Å². The van der Waals surface area contributed by atoms with Gasteiger partial charge in [0.25, 0.3) is 0 Å². The fourth-order valence-electron chi connectivity index (χ4n) is 1.76. The topological polar surface area (TPSA) is 51.6 Å². The average molecular weight is 330 g/mol. The molecule has 2 aromatic rings. The Morgan fingerprint density at radius 3 is 2.85 bits per heavy atom. The Balaban J connectivity index is 1.82. The van der Waals surface area contributed by atoms with Crippen LogP contribution < -0.4 is 9.47 Å². The van der Waals surface area contributed by atoms with Gasteiger partial charge in [-0.25, -0.2) is 4.98 Å². The zero-order chi connectivity index (χ0) is 13.9. The van der Waals surface area contributed by atoms with E-state index in [1.165, 1.54) is 23.1 Å². The molecule has 0 atom stereocenters. The first-order chi connectivity index (χ1) is 9.76. The number of rotatable bonds is 3. The number of ether oxygens (including phenoxy) is 2. The molecule has 0 saturated heterocycles. The van der Waals surface area contributed by atoms with Crippen LogP contribution >= 0.6 is 34.7 Å². The summed E-state index contributed by atoms with van der Waals surface area (Å²) >= 11 is 8.82. The van der Waals surface area contributed by atoms with Crippen molar-refractivity contribution in [2.45, 2.75) is 22.3 Å². The lowest BCUT2D eigenvalue weighted by atomic mass is 10.3. The van der Waals surface area contributed by atoms with Crippen molar-refractivity contribution in [1.82, 2.24) is 4.98 Å². The summed E-state index contributed by atoms with van der Waals surface area (Å²) < 4.78 is 12.0. The normalized spacial score (nSPS) is 14.1. The molecular formula is C13H12ClNO3S2. The largest absolute Gasteiger partial charge is 0.490 e. The molecule has 2 heterocycles. The third-order valence-corrected chi connectivity index (χ3v) is 5.21. The van der Waals surface area contributed by atoms with E-state index >= 15 is 0 Å². The predicted molar refractivity (Wildman–Crippen MR) is 79.2 cm³/mol. The lowest BCUT2D eigenvalue weighted by Crippen LogP contribution is -1.97. The minimum Gasteiger partial charge on any atom is -0.490 e. The number of thiazole rings is 1. The van der Waals surface area contributed by atoms with E-state index in [2.05, 4.69) is 4.98 Å². The van der Waals surface area contributed by atoms with Gasteiger partial charge in [-0.05, 0) is 18.2 Å². The van der Waals surface area contributed by atoms with Crippen LogP contribution in [0, 0.1) is 0 Å². The van der Waals surface area contributed by atoms with Crippen molar-refractivity contribution in [2.75, 3.05) is 13.2 Å². The van der Waals surface area contributed by atoms with Gasteiger partial charge in [-0.15, -0.1) is 11.3 Å². The minimum absolute atomic E-state index is 0.0851. The number of aromatic nitrogens is 1. The summed E-state index contributed by atoms with van der Waals surface area (Å²) in [6, 6.07) is 5.82. The Bertz CT molecular complexity index is 618. The maximum atomic E-state index is 9.13. The number of benzene rings is 1. The minimum atomic E-state index is -0.0851. The summed E-state index contributed by atoms with van der Waals surface area (Å²) in [5.41, 5.74) is 0. The van der Waals surface area contributed by atoms with Gasteiger partial charge in [0.05, 0.1) is 24.7 Å². The van der Waals surface area contributed by atoms with E-state index in [4.69, 9.17) is 26.2 Å². The number of aliphatic hydroxyl groups excluding tert-OH is 1. The molecule has 0 fully saturated rings. The second kappa shape index (κ2) is 6.22. The van der Waals surface area contributed by atoms with Gasteiger partial charge in [0.15, 0.2) is 15.8 Å². The first-order valence-corrected chi connectivity index (χ1v) is 8.11. The van der Waals surface area contributed by atoms with E-state index < -0.39 is 0 Å². The van der Waals surface area contributed by atoms with Crippen LogP contribution in [0.25, 0.3) is 0 Å². The molecule has 3 rings (SSSR count). The van der Waals surface area contributed by atoms with Crippen molar-refractivity contribution in [3.05, 3.63) is 28.2 Å².